The lowest BCUT2D eigenvalue weighted by molar-refractivity contribution is -0.119. The molecule has 1 heterocycles. The Balaban J connectivity index is 2.02. The number of amides is 1. The standard InChI is InChI=1S/C14H21N3O2S/c1-11-9-12(20(2)19)3-4-13(11)17-7-5-16(6-8-17)10-14(15)18/h3-4,9H,5-8,10H2,1-2H3,(H2,15,18). The minimum Gasteiger partial charge on any atom is -0.612 e. The summed E-state index contributed by atoms with van der Waals surface area (Å²) in [4.78, 5) is 16.1. The van der Waals surface area contributed by atoms with E-state index in [9.17, 15) is 9.35 Å². The minimum absolute atomic E-state index is 0.274. The fourth-order valence-corrected chi connectivity index (χ4v) is 3.13. The van der Waals surface area contributed by atoms with E-state index < -0.39 is 11.2 Å². The first kappa shape index (κ1) is 15.2. The number of rotatable bonds is 4. The number of carbonyl (C=O) groups is 1. The van der Waals surface area contributed by atoms with Gasteiger partial charge in [0.05, 0.1) is 6.54 Å². The van der Waals surface area contributed by atoms with E-state index in [1.165, 1.54) is 5.69 Å². The van der Waals surface area contributed by atoms with Crippen LogP contribution in [0.15, 0.2) is 23.1 Å². The van der Waals surface area contributed by atoms with E-state index in [0.29, 0.717) is 6.54 Å². The highest BCUT2D eigenvalue weighted by Gasteiger charge is 2.20. The van der Waals surface area contributed by atoms with E-state index in [1.807, 2.05) is 25.1 Å². The summed E-state index contributed by atoms with van der Waals surface area (Å²) < 4.78 is 11.5. The van der Waals surface area contributed by atoms with E-state index in [0.717, 1.165) is 36.6 Å². The molecule has 1 atom stereocenters. The van der Waals surface area contributed by atoms with Crippen LogP contribution in [0.2, 0.25) is 0 Å². The van der Waals surface area contributed by atoms with Gasteiger partial charge in [-0.1, -0.05) is 0 Å². The van der Waals surface area contributed by atoms with Crippen molar-refractivity contribution in [2.45, 2.75) is 11.8 Å². The van der Waals surface area contributed by atoms with E-state index in [2.05, 4.69) is 9.80 Å². The number of anilines is 1. The van der Waals surface area contributed by atoms with E-state index >= 15 is 0 Å². The fraction of sp³-hybridized carbons (Fsp3) is 0.500. The minimum atomic E-state index is -0.943. The first-order chi connectivity index (χ1) is 9.47. The van der Waals surface area contributed by atoms with Crippen LogP contribution in [-0.2, 0) is 16.0 Å². The quantitative estimate of drug-likeness (QED) is 0.813. The first-order valence-corrected chi connectivity index (χ1v) is 8.23. The molecule has 1 unspecified atom stereocenters. The zero-order valence-electron chi connectivity index (χ0n) is 12.0. The second-order valence-electron chi connectivity index (χ2n) is 5.13. The van der Waals surface area contributed by atoms with Gasteiger partial charge in [-0.3, -0.25) is 9.69 Å². The average Bonchev–Trinajstić information content (AvgIpc) is 2.39. The van der Waals surface area contributed by atoms with Gasteiger partial charge in [0.2, 0.25) is 5.91 Å². The number of aryl methyl sites for hydroxylation is 1. The maximum absolute atomic E-state index is 11.5. The molecule has 6 heteroatoms. The Hall–Kier alpha value is -1.24. The van der Waals surface area contributed by atoms with Crippen molar-refractivity contribution in [3.8, 4) is 0 Å². The van der Waals surface area contributed by atoms with Gasteiger partial charge in [0.1, 0.15) is 6.26 Å². The van der Waals surface area contributed by atoms with Gasteiger partial charge in [-0.2, -0.15) is 0 Å². The summed E-state index contributed by atoms with van der Waals surface area (Å²) >= 11 is -0.943. The second-order valence-corrected chi connectivity index (χ2v) is 6.51. The highest BCUT2D eigenvalue weighted by molar-refractivity contribution is 7.90. The lowest BCUT2D eigenvalue weighted by Gasteiger charge is -2.36. The molecule has 110 valence electrons. The van der Waals surface area contributed by atoms with Crippen molar-refractivity contribution in [1.82, 2.24) is 4.90 Å². The third-order valence-electron chi connectivity index (χ3n) is 3.59. The Bertz CT molecular complexity index is 485. The lowest BCUT2D eigenvalue weighted by Crippen LogP contribution is -2.49. The van der Waals surface area contributed by atoms with Gasteiger partial charge in [-0.15, -0.1) is 0 Å². The summed E-state index contributed by atoms with van der Waals surface area (Å²) in [6.45, 7) is 5.81. The van der Waals surface area contributed by atoms with Crippen molar-refractivity contribution >= 4 is 22.8 Å². The average molecular weight is 295 g/mol. The molecule has 0 saturated carbocycles. The van der Waals surface area contributed by atoms with Crippen LogP contribution in [0.25, 0.3) is 0 Å². The van der Waals surface area contributed by atoms with Crippen LogP contribution < -0.4 is 10.6 Å². The monoisotopic (exact) mass is 295 g/mol. The van der Waals surface area contributed by atoms with Crippen molar-refractivity contribution in [3.05, 3.63) is 23.8 Å². The molecule has 0 aromatic heterocycles. The van der Waals surface area contributed by atoms with Crippen molar-refractivity contribution < 1.29 is 9.35 Å². The zero-order valence-corrected chi connectivity index (χ0v) is 12.8. The molecule has 1 aliphatic heterocycles. The van der Waals surface area contributed by atoms with Gasteiger partial charge in [-0.05, 0) is 41.9 Å². The largest absolute Gasteiger partial charge is 0.612 e. The maximum atomic E-state index is 11.5. The summed E-state index contributed by atoms with van der Waals surface area (Å²) in [5, 5.41) is 0. The topological polar surface area (TPSA) is 72.6 Å². The Morgan fingerprint density at radius 1 is 1.35 bits per heavy atom. The van der Waals surface area contributed by atoms with E-state index in [-0.39, 0.29) is 5.91 Å². The Morgan fingerprint density at radius 3 is 2.50 bits per heavy atom. The number of nitrogens with zero attached hydrogens (tertiary/aromatic N) is 2. The molecule has 0 aliphatic carbocycles. The van der Waals surface area contributed by atoms with Gasteiger partial charge >= 0.3 is 0 Å². The number of carbonyl (C=O) groups excluding carboxylic acids is 1. The highest BCUT2D eigenvalue weighted by Crippen LogP contribution is 2.24. The fourth-order valence-electron chi connectivity index (χ4n) is 2.53. The van der Waals surface area contributed by atoms with Crippen LogP contribution in [0.1, 0.15) is 5.56 Å². The van der Waals surface area contributed by atoms with Crippen LogP contribution in [-0.4, -0.2) is 54.3 Å². The molecule has 2 rings (SSSR count). The van der Waals surface area contributed by atoms with Gasteiger partial charge in [0.25, 0.3) is 0 Å². The predicted octanol–water partition coefficient (Wildman–Crippen LogP) is 0.340. The van der Waals surface area contributed by atoms with Crippen molar-refractivity contribution in [2.24, 2.45) is 5.73 Å². The summed E-state index contributed by atoms with van der Waals surface area (Å²) in [6.07, 6.45) is 1.69. The van der Waals surface area contributed by atoms with E-state index in [4.69, 9.17) is 5.73 Å². The SMILES string of the molecule is Cc1cc([S+](C)[O-])ccc1N1CCN(CC(N)=O)CC1. The third kappa shape index (κ3) is 3.65. The Kier molecular flexibility index (Phi) is 4.91. The molecular weight excluding hydrogens is 274 g/mol. The molecule has 1 aliphatic rings. The van der Waals surface area contributed by atoms with Crippen molar-refractivity contribution in [1.29, 1.82) is 0 Å². The van der Waals surface area contributed by atoms with Crippen molar-refractivity contribution in [2.75, 3.05) is 43.9 Å². The number of nitrogens with two attached hydrogens (primary N) is 1. The van der Waals surface area contributed by atoms with Gasteiger partial charge in [-0.25, -0.2) is 0 Å². The first-order valence-electron chi connectivity index (χ1n) is 6.67. The molecular formula is C14H21N3O2S. The highest BCUT2D eigenvalue weighted by atomic mass is 32.2. The Morgan fingerprint density at radius 2 is 2.00 bits per heavy atom. The van der Waals surface area contributed by atoms with Crippen LogP contribution in [0.5, 0.6) is 0 Å². The van der Waals surface area contributed by atoms with Crippen LogP contribution in [0.4, 0.5) is 5.69 Å². The summed E-state index contributed by atoms with van der Waals surface area (Å²) in [5.74, 6) is -0.274. The molecule has 2 N–H and O–H groups in total. The maximum Gasteiger partial charge on any atom is 0.231 e. The van der Waals surface area contributed by atoms with Crippen LogP contribution in [0.3, 0.4) is 0 Å². The molecule has 1 amide bonds. The molecule has 20 heavy (non-hydrogen) atoms. The summed E-state index contributed by atoms with van der Waals surface area (Å²) in [5.41, 5.74) is 7.53. The van der Waals surface area contributed by atoms with Crippen LogP contribution in [0, 0.1) is 6.92 Å². The summed E-state index contributed by atoms with van der Waals surface area (Å²) in [6, 6.07) is 5.95. The van der Waals surface area contributed by atoms with E-state index in [1.54, 1.807) is 6.26 Å². The number of piperazine rings is 1. The molecule has 5 nitrogen and oxygen atoms in total. The predicted molar refractivity (Wildman–Crippen MR) is 81.4 cm³/mol. The zero-order chi connectivity index (χ0) is 14.7. The molecule has 0 bridgehead atoms. The second kappa shape index (κ2) is 6.47. The molecule has 1 fully saturated rings. The van der Waals surface area contributed by atoms with Gasteiger partial charge in [0.15, 0.2) is 4.90 Å². The molecule has 1 saturated heterocycles. The third-order valence-corrected chi connectivity index (χ3v) is 4.51. The van der Waals surface area contributed by atoms with Crippen molar-refractivity contribution in [3.63, 3.8) is 0 Å². The molecule has 0 spiro atoms. The molecule has 1 aromatic carbocycles. The normalized spacial score (nSPS) is 18.1. The molecule has 0 radical (unpaired) electrons. The number of primary amides is 1. The molecule has 1 aromatic rings. The number of hydrogen-bond donors (Lipinski definition) is 1. The smallest absolute Gasteiger partial charge is 0.231 e. The number of hydrogen-bond acceptors (Lipinski definition) is 4. The summed E-state index contributed by atoms with van der Waals surface area (Å²) in [7, 11) is 0. The Labute approximate surface area is 122 Å². The number of benzene rings is 1. The van der Waals surface area contributed by atoms with Crippen LogP contribution >= 0.6 is 0 Å². The lowest BCUT2D eigenvalue weighted by atomic mass is 10.1. The van der Waals surface area contributed by atoms with Gasteiger partial charge in [0, 0.05) is 31.9 Å². The van der Waals surface area contributed by atoms with Gasteiger partial charge < -0.3 is 15.2 Å².